The number of likely N-dealkylation sites (N-methyl/N-ethyl adjacent to an activating group) is 1. The molecule has 0 aliphatic carbocycles. The first-order valence-corrected chi connectivity index (χ1v) is 7.03. The van der Waals surface area contributed by atoms with Crippen LogP contribution >= 0.6 is 0 Å². The smallest absolute Gasteiger partial charge is 0.343 e. The number of halogens is 5. The molecule has 0 fully saturated rings. The number of anilines is 1. The Bertz CT molecular complexity index is 842. The van der Waals surface area contributed by atoms with Gasteiger partial charge >= 0.3 is 5.97 Å². The third-order valence-electron chi connectivity index (χ3n) is 3.66. The molecule has 0 radical (unpaired) electrons. The molecule has 0 saturated heterocycles. The highest BCUT2D eigenvalue weighted by Gasteiger charge is 2.29. The van der Waals surface area contributed by atoms with Crippen LogP contribution in [0, 0.1) is 29.1 Å². The van der Waals surface area contributed by atoms with Gasteiger partial charge in [0.15, 0.2) is 0 Å². The molecule has 0 N–H and O–H groups in total. The fraction of sp³-hybridized carbons (Fsp3) is 0.188. The molecule has 2 aromatic rings. The molecular formula is C16H10F5NO3. The summed E-state index contributed by atoms with van der Waals surface area (Å²) in [5.41, 5.74) is 0.511. The van der Waals surface area contributed by atoms with Gasteiger partial charge in [-0.25, -0.2) is 18.0 Å². The topological polar surface area (TPSA) is 38.8 Å². The van der Waals surface area contributed by atoms with Crippen molar-refractivity contribution in [2.45, 2.75) is 0 Å². The van der Waals surface area contributed by atoms with Gasteiger partial charge in [0.1, 0.15) is 12.4 Å². The van der Waals surface area contributed by atoms with Crippen molar-refractivity contribution in [3.63, 3.8) is 0 Å². The summed E-state index contributed by atoms with van der Waals surface area (Å²) in [6, 6.07) is 4.07. The van der Waals surface area contributed by atoms with Crippen LogP contribution < -0.4 is 14.4 Å². The van der Waals surface area contributed by atoms with Crippen LogP contribution in [0.5, 0.6) is 11.5 Å². The highest BCUT2D eigenvalue weighted by Crippen LogP contribution is 2.33. The maximum absolute atomic E-state index is 13.6. The first kappa shape index (κ1) is 17.0. The van der Waals surface area contributed by atoms with E-state index in [0.717, 1.165) is 0 Å². The quantitative estimate of drug-likeness (QED) is 0.271. The molecule has 132 valence electrons. The molecule has 1 heterocycles. The average Bonchev–Trinajstić information content (AvgIpc) is 2.61. The number of nitrogens with zero attached hydrogens (tertiary/aromatic N) is 1. The zero-order chi connectivity index (χ0) is 18.3. The third-order valence-corrected chi connectivity index (χ3v) is 3.66. The van der Waals surface area contributed by atoms with Crippen LogP contribution in [0.1, 0.15) is 10.4 Å². The lowest BCUT2D eigenvalue weighted by Crippen LogP contribution is -2.29. The second kappa shape index (κ2) is 6.23. The molecule has 1 aliphatic rings. The van der Waals surface area contributed by atoms with Gasteiger partial charge in [-0.05, 0) is 18.2 Å². The molecule has 9 heteroatoms. The second-order valence-corrected chi connectivity index (χ2v) is 5.24. The molecule has 0 atom stereocenters. The second-order valence-electron chi connectivity index (χ2n) is 5.24. The van der Waals surface area contributed by atoms with Crippen molar-refractivity contribution in [3.05, 3.63) is 52.8 Å². The van der Waals surface area contributed by atoms with E-state index in [2.05, 4.69) is 4.74 Å². The van der Waals surface area contributed by atoms with E-state index < -0.39 is 40.8 Å². The highest BCUT2D eigenvalue weighted by atomic mass is 19.2. The lowest BCUT2D eigenvalue weighted by Gasteiger charge is -2.27. The number of hydrogen-bond acceptors (Lipinski definition) is 4. The van der Waals surface area contributed by atoms with E-state index in [-0.39, 0.29) is 5.56 Å². The Kier molecular flexibility index (Phi) is 4.23. The zero-order valence-electron chi connectivity index (χ0n) is 12.7. The lowest BCUT2D eigenvalue weighted by atomic mass is 10.1. The van der Waals surface area contributed by atoms with Gasteiger partial charge in [0.25, 0.3) is 0 Å². The molecule has 4 nitrogen and oxygen atoms in total. The van der Waals surface area contributed by atoms with Crippen molar-refractivity contribution in [2.75, 3.05) is 25.1 Å². The summed E-state index contributed by atoms with van der Waals surface area (Å²) in [6.07, 6.45) is 0. The summed E-state index contributed by atoms with van der Waals surface area (Å²) in [5, 5.41) is 0. The predicted octanol–water partition coefficient (Wildman–Crippen LogP) is 3.43. The SMILES string of the molecule is CN1CCOc2cc(C(=O)Oc3c(F)c(F)c(F)c(F)c3F)ccc21. The number of esters is 1. The van der Waals surface area contributed by atoms with E-state index in [0.29, 0.717) is 24.6 Å². The van der Waals surface area contributed by atoms with Gasteiger partial charge in [0, 0.05) is 7.05 Å². The molecule has 25 heavy (non-hydrogen) atoms. The number of carbonyl (C=O) groups excluding carboxylic acids is 1. The minimum absolute atomic E-state index is 0.169. The van der Waals surface area contributed by atoms with Crippen LogP contribution in [0.3, 0.4) is 0 Å². The average molecular weight is 359 g/mol. The van der Waals surface area contributed by atoms with Gasteiger partial charge in [-0.2, -0.15) is 8.78 Å². The summed E-state index contributed by atoms with van der Waals surface area (Å²) in [7, 11) is 1.80. The number of rotatable bonds is 2. The molecule has 0 saturated carbocycles. The highest BCUT2D eigenvalue weighted by molar-refractivity contribution is 5.92. The van der Waals surface area contributed by atoms with Crippen LogP contribution in [0.4, 0.5) is 27.6 Å². The Balaban J connectivity index is 1.94. The van der Waals surface area contributed by atoms with Crippen molar-refractivity contribution in [1.29, 1.82) is 0 Å². The molecule has 0 amide bonds. The summed E-state index contributed by atoms with van der Waals surface area (Å²) < 4.78 is 76.2. The summed E-state index contributed by atoms with van der Waals surface area (Å²) in [4.78, 5) is 13.9. The monoisotopic (exact) mass is 359 g/mol. The van der Waals surface area contributed by atoms with Gasteiger partial charge in [-0.1, -0.05) is 0 Å². The van der Waals surface area contributed by atoms with E-state index in [1.165, 1.54) is 18.2 Å². The lowest BCUT2D eigenvalue weighted by molar-refractivity contribution is 0.0715. The predicted molar refractivity (Wildman–Crippen MR) is 76.4 cm³/mol. The van der Waals surface area contributed by atoms with Crippen LogP contribution in [0.25, 0.3) is 0 Å². The number of fused-ring (bicyclic) bond motifs is 1. The van der Waals surface area contributed by atoms with Crippen LogP contribution in [0.15, 0.2) is 18.2 Å². The minimum Gasteiger partial charge on any atom is -0.490 e. The van der Waals surface area contributed by atoms with Gasteiger partial charge in [-0.15, -0.1) is 0 Å². The molecule has 0 aromatic heterocycles. The van der Waals surface area contributed by atoms with Gasteiger partial charge in [0.05, 0.1) is 17.8 Å². The van der Waals surface area contributed by atoms with Crippen molar-refractivity contribution in [2.24, 2.45) is 0 Å². The first-order valence-electron chi connectivity index (χ1n) is 7.03. The van der Waals surface area contributed by atoms with E-state index in [1.807, 2.05) is 4.90 Å². The Hall–Kier alpha value is -2.84. The maximum Gasteiger partial charge on any atom is 0.343 e. The number of hydrogen-bond donors (Lipinski definition) is 0. The normalized spacial score (nSPS) is 13.3. The molecule has 0 bridgehead atoms. The standard InChI is InChI=1S/C16H10F5NO3/c1-22-4-5-24-9-6-7(2-3-8(9)22)16(23)25-15-13(20)11(18)10(17)12(19)14(15)21/h2-3,6H,4-5H2,1H3. The fourth-order valence-electron chi connectivity index (χ4n) is 2.31. The molecule has 2 aromatic carbocycles. The summed E-state index contributed by atoms with van der Waals surface area (Å²) >= 11 is 0. The largest absolute Gasteiger partial charge is 0.490 e. The van der Waals surface area contributed by atoms with Crippen molar-refractivity contribution < 1.29 is 36.2 Å². The Morgan fingerprint density at radius 3 is 2.28 bits per heavy atom. The van der Waals surface area contributed by atoms with Gasteiger partial charge < -0.3 is 14.4 Å². The Morgan fingerprint density at radius 2 is 1.64 bits per heavy atom. The van der Waals surface area contributed by atoms with Crippen LogP contribution in [-0.4, -0.2) is 26.2 Å². The zero-order valence-corrected chi connectivity index (χ0v) is 12.7. The molecule has 0 spiro atoms. The number of ether oxygens (including phenoxy) is 2. The number of benzene rings is 2. The Morgan fingerprint density at radius 1 is 1.04 bits per heavy atom. The van der Waals surface area contributed by atoms with Gasteiger partial charge in [-0.3, -0.25) is 0 Å². The van der Waals surface area contributed by atoms with Crippen molar-refractivity contribution in [1.82, 2.24) is 0 Å². The number of carbonyl (C=O) groups is 1. The fourth-order valence-corrected chi connectivity index (χ4v) is 2.31. The molecule has 3 rings (SSSR count). The molecule has 1 aliphatic heterocycles. The van der Waals surface area contributed by atoms with Crippen LogP contribution in [-0.2, 0) is 0 Å². The van der Waals surface area contributed by atoms with Crippen molar-refractivity contribution in [3.8, 4) is 11.5 Å². The van der Waals surface area contributed by atoms with E-state index in [4.69, 9.17) is 4.74 Å². The van der Waals surface area contributed by atoms with E-state index in [1.54, 1.807) is 7.05 Å². The summed E-state index contributed by atoms with van der Waals surface area (Å²) in [5.74, 6) is -13.8. The van der Waals surface area contributed by atoms with E-state index in [9.17, 15) is 26.7 Å². The van der Waals surface area contributed by atoms with E-state index >= 15 is 0 Å². The van der Waals surface area contributed by atoms with Crippen LogP contribution in [0.2, 0.25) is 0 Å². The third kappa shape index (κ3) is 2.86. The molecular weight excluding hydrogens is 349 g/mol. The maximum atomic E-state index is 13.6. The van der Waals surface area contributed by atoms with Gasteiger partial charge in [0.2, 0.25) is 34.8 Å². The summed E-state index contributed by atoms with van der Waals surface area (Å²) in [6.45, 7) is 0.987. The first-order chi connectivity index (χ1) is 11.8. The Labute approximate surface area is 138 Å². The molecule has 0 unspecified atom stereocenters. The minimum atomic E-state index is -2.33. The van der Waals surface area contributed by atoms with Crippen molar-refractivity contribution >= 4 is 11.7 Å².